The average molecular weight is 271 g/mol. The van der Waals surface area contributed by atoms with Crippen LogP contribution >= 0.6 is 0 Å². The van der Waals surface area contributed by atoms with Crippen molar-refractivity contribution in [3.8, 4) is 5.75 Å². The molecule has 0 unspecified atom stereocenters. The number of hydrogen-bond acceptors (Lipinski definition) is 3. The van der Waals surface area contributed by atoms with E-state index in [-0.39, 0.29) is 6.61 Å². The van der Waals surface area contributed by atoms with Crippen LogP contribution in [0.2, 0.25) is 0 Å². The van der Waals surface area contributed by atoms with Crippen molar-refractivity contribution in [3.63, 3.8) is 0 Å². The Hall–Kier alpha value is -2.00. The fourth-order valence-electron chi connectivity index (χ4n) is 2.13. The molecule has 0 saturated carbocycles. The van der Waals surface area contributed by atoms with Crippen LogP contribution in [-0.4, -0.2) is 25.4 Å². The normalized spacial score (nSPS) is 10.3. The van der Waals surface area contributed by atoms with E-state index in [1.807, 2.05) is 24.3 Å². The Morgan fingerprint density at radius 3 is 2.20 bits per heavy atom. The van der Waals surface area contributed by atoms with Gasteiger partial charge in [-0.1, -0.05) is 29.8 Å². The van der Waals surface area contributed by atoms with Crippen molar-refractivity contribution in [3.05, 3.63) is 59.7 Å². The second kappa shape index (κ2) is 6.96. The lowest BCUT2D eigenvalue weighted by molar-refractivity contribution is 0.301. The zero-order chi connectivity index (χ0) is 14.4. The number of nitrogens with zero attached hydrogens (tertiary/aromatic N) is 1. The molecule has 0 fully saturated rings. The van der Waals surface area contributed by atoms with E-state index in [2.05, 4.69) is 36.1 Å². The molecule has 2 aromatic rings. The lowest BCUT2D eigenvalue weighted by Gasteiger charge is -2.24. The van der Waals surface area contributed by atoms with Gasteiger partial charge in [-0.2, -0.15) is 0 Å². The molecule has 0 radical (unpaired) electrons. The summed E-state index contributed by atoms with van der Waals surface area (Å²) in [5, 5.41) is 9.25. The maximum Gasteiger partial charge on any atom is 0.119 e. The fraction of sp³-hybridized carbons (Fsp3) is 0.294. The molecule has 106 valence electrons. The number of hydrogen-bond donors (Lipinski definition) is 1. The number of anilines is 1. The summed E-state index contributed by atoms with van der Waals surface area (Å²) < 4.78 is 5.17. The highest BCUT2D eigenvalue weighted by Crippen LogP contribution is 2.21. The lowest BCUT2D eigenvalue weighted by Crippen LogP contribution is -2.26. The van der Waals surface area contributed by atoms with Crippen LogP contribution in [0.5, 0.6) is 5.75 Å². The highest BCUT2D eigenvalue weighted by Gasteiger charge is 2.07. The third kappa shape index (κ3) is 3.75. The van der Waals surface area contributed by atoms with Crippen molar-refractivity contribution in [1.29, 1.82) is 0 Å². The molecule has 0 heterocycles. The minimum Gasteiger partial charge on any atom is -0.497 e. The maximum atomic E-state index is 9.25. The molecule has 0 bridgehead atoms. The van der Waals surface area contributed by atoms with Crippen molar-refractivity contribution in [2.45, 2.75) is 13.5 Å². The zero-order valence-electron chi connectivity index (χ0n) is 12.0. The van der Waals surface area contributed by atoms with Crippen molar-refractivity contribution >= 4 is 5.69 Å². The van der Waals surface area contributed by atoms with Gasteiger partial charge in [0.15, 0.2) is 0 Å². The van der Waals surface area contributed by atoms with Crippen molar-refractivity contribution in [2.24, 2.45) is 0 Å². The van der Waals surface area contributed by atoms with E-state index < -0.39 is 0 Å². The first-order valence-electron chi connectivity index (χ1n) is 6.78. The molecule has 20 heavy (non-hydrogen) atoms. The van der Waals surface area contributed by atoms with Crippen LogP contribution in [0.3, 0.4) is 0 Å². The van der Waals surface area contributed by atoms with Crippen LogP contribution in [-0.2, 0) is 6.54 Å². The monoisotopic (exact) mass is 271 g/mol. The second-order valence-electron chi connectivity index (χ2n) is 4.83. The molecule has 0 atom stereocenters. The Balaban J connectivity index is 2.14. The van der Waals surface area contributed by atoms with Crippen LogP contribution < -0.4 is 9.64 Å². The quantitative estimate of drug-likeness (QED) is 0.876. The summed E-state index contributed by atoms with van der Waals surface area (Å²) in [6.07, 6.45) is 0. The van der Waals surface area contributed by atoms with Gasteiger partial charge in [0.25, 0.3) is 0 Å². The molecule has 0 saturated heterocycles. The number of rotatable bonds is 6. The molecule has 2 rings (SSSR count). The Labute approximate surface area is 120 Å². The van der Waals surface area contributed by atoms with E-state index in [0.29, 0.717) is 6.54 Å². The minimum atomic E-state index is 0.137. The molecule has 0 aliphatic heterocycles. The van der Waals surface area contributed by atoms with Crippen LogP contribution in [0.15, 0.2) is 48.5 Å². The molecule has 0 spiro atoms. The third-order valence-corrected chi connectivity index (χ3v) is 3.30. The fourth-order valence-corrected chi connectivity index (χ4v) is 2.13. The SMILES string of the molecule is COc1ccc(N(CCO)Cc2ccc(C)cc2)cc1. The highest BCUT2D eigenvalue weighted by atomic mass is 16.5. The molecule has 1 N–H and O–H groups in total. The summed E-state index contributed by atoms with van der Waals surface area (Å²) in [5.41, 5.74) is 3.58. The summed E-state index contributed by atoms with van der Waals surface area (Å²) in [5.74, 6) is 0.841. The number of aliphatic hydroxyl groups excluding tert-OH is 1. The Kier molecular flexibility index (Phi) is 5.02. The summed E-state index contributed by atoms with van der Waals surface area (Å²) in [4.78, 5) is 2.16. The van der Waals surface area contributed by atoms with Gasteiger partial charge in [-0.15, -0.1) is 0 Å². The number of methoxy groups -OCH3 is 1. The first-order valence-corrected chi connectivity index (χ1v) is 6.78. The van der Waals surface area contributed by atoms with Crippen molar-refractivity contribution in [2.75, 3.05) is 25.2 Å². The Bertz CT molecular complexity index is 520. The summed E-state index contributed by atoms with van der Waals surface area (Å²) >= 11 is 0. The molecule has 0 aliphatic carbocycles. The first kappa shape index (κ1) is 14.4. The van der Waals surface area contributed by atoms with E-state index in [1.54, 1.807) is 7.11 Å². The Morgan fingerprint density at radius 2 is 1.65 bits per heavy atom. The first-order chi connectivity index (χ1) is 9.72. The predicted octanol–water partition coefficient (Wildman–Crippen LogP) is 3.00. The summed E-state index contributed by atoms with van der Waals surface area (Å²) in [6.45, 7) is 3.62. The molecule has 3 heteroatoms. The predicted molar refractivity (Wildman–Crippen MR) is 82.3 cm³/mol. The van der Waals surface area contributed by atoms with Crippen molar-refractivity contribution < 1.29 is 9.84 Å². The van der Waals surface area contributed by atoms with Crippen LogP contribution in [0.1, 0.15) is 11.1 Å². The maximum absolute atomic E-state index is 9.25. The van der Waals surface area contributed by atoms with Crippen LogP contribution in [0.4, 0.5) is 5.69 Å². The van der Waals surface area contributed by atoms with Gasteiger partial charge in [0.2, 0.25) is 0 Å². The van der Waals surface area contributed by atoms with Crippen molar-refractivity contribution in [1.82, 2.24) is 0 Å². The molecule has 3 nitrogen and oxygen atoms in total. The standard InChI is InChI=1S/C17H21NO2/c1-14-3-5-15(6-4-14)13-18(11-12-19)16-7-9-17(20-2)10-8-16/h3-10,19H,11-13H2,1-2H3. The molecule has 0 amide bonds. The van der Waals surface area contributed by atoms with E-state index in [1.165, 1.54) is 11.1 Å². The highest BCUT2D eigenvalue weighted by molar-refractivity contribution is 5.49. The van der Waals surface area contributed by atoms with Crippen LogP contribution in [0.25, 0.3) is 0 Å². The Morgan fingerprint density at radius 1 is 1.00 bits per heavy atom. The van der Waals surface area contributed by atoms with E-state index >= 15 is 0 Å². The number of aryl methyl sites for hydroxylation is 1. The van der Waals surface area contributed by atoms with Gasteiger partial charge in [0.1, 0.15) is 5.75 Å². The van der Waals surface area contributed by atoms with Crippen LogP contribution in [0, 0.1) is 6.92 Å². The average Bonchev–Trinajstić information content (AvgIpc) is 2.49. The number of ether oxygens (including phenoxy) is 1. The van der Waals surface area contributed by atoms with Gasteiger partial charge in [0.05, 0.1) is 13.7 Å². The third-order valence-electron chi connectivity index (χ3n) is 3.30. The van der Waals surface area contributed by atoms with Gasteiger partial charge in [-0.3, -0.25) is 0 Å². The number of benzene rings is 2. The van der Waals surface area contributed by atoms with Gasteiger partial charge in [-0.05, 0) is 36.8 Å². The van der Waals surface area contributed by atoms with Gasteiger partial charge >= 0.3 is 0 Å². The summed E-state index contributed by atoms with van der Waals surface area (Å²) in [7, 11) is 1.66. The largest absolute Gasteiger partial charge is 0.497 e. The summed E-state index contributed by atoms with van der Waals surface area (Å²) in [6, 6.07) is 16.4. The minimum absolute atomic E-state index is 0.137. The lowest BCUT2D eigenvalue weighted by atomic mass is 10.1. The van der Waals surface area contributed by atoms with Gasteiger partial charge in [0, 0.05) is 18.8 Å². The molecule has 2 aromatic carbocycles. The molecular formula is C17H21NO2. The molecule has 0 aliphatic rings. The molecule has 0 aromatic heterocycles. The molecular weight excluding hydrogens is 250 g/mol. The zero-order valence-corrected chi connectivity index (χ0v) is 12.0. The second-order valence-corrected chi connectivity index (χ2v) is 4.83. The smallest absolute Gasteiger partial charge is 0.119 e. The van der Waals surface area contributed by atoms with Gasteiger partial charge < -0.3 is 14.7 Å². The van der Waals surface area contributed by atoms with E-state index in [4.69, 9.17) is 4.74 Å². The van der Waals surface area contributed by atoms with Gasteiger partial charge in [-0.25, -0.2) is 0 Å². The number of aliphatic hydroxyl groups is 1. The van der Waals surface area contributed by atoms with E-state index in [9.17, 15) is 5.11 Å². The topological polar surface area (TPSA) is 32.7 Å². The van der Waals surface area contributed by atoms with E-state index in [0.717, 1.165) is 18.0 Å².